The third-order valence-electron chi connectivity index (χ3n) is 1.88. The summed E-state index contributed by atoms with van der Waals surface area (Å²) >= 11 is 1.28. The van der Waals surface area contributed by atoms with Gasteiger partial charge in [-0.2, -0.15) is 12.7 Å². The van der Waals surface area contributed by atoms with E-state index in [2.05, 4.69) is 9.71 Å². The van der Waals surface area contributed by atoms with Gasteiger partial charge in [0, 0.05) is 31.3 Å². The van der Waals surface area contributed by atoms with Gasteiger partial charge in [-0.3, -0.25) is 0 Å². The molecule has 1 rings (SSSR count). The second-order valence-electron chi connectivity index (χ2n) is 3.28. The molecule has 16 heavy (non-hydrogen) atoms. The standard InChI is InChI=1S/C8H15N3O3S2/c1-7-6-9-8(15-7)10-16(13,14)11(2)4-3-5-12/h6,12H,3-5H2,1-2H3,(H,9,10). The summed E-state index contributed by atoms with van der Waals surface area (Å²) in [6, 6.07) is 0. The maximum Gasteiger partial charge on any atom is 0.303 e. The van der Waals surface area contributed by atoms with E-state index >= 15 is 0 Å². The molecule has 0 amide bonds. The van der Waals surface area contributed by atoms with Crippen molar-refractivity contribution in [2.75, 3.05) is 24.9 Å². The highest BCUT2D eigenvalue weighted by Crippen LogP contribution is 2.18. The Morgan fingerprint density at radius 2 is 2.31 bits per heavy atom. The lowest BCUT2D eigenvalue weighted by Gasteiger charge is -2.16. The molecule has 0 aliphatic heterocycles. The van der Waals surface area contributed by atoms with Gasteiger partial charge in [0.15, 0.2) is 5.13 Å². The van der Waals surface area contributed by atoms with E-state index in [1.165, 1.54) is 18.4 Å². The van der Waals surface area contributed by atoms with Crippen molar-refractivity contribution in [2.45, 2.75) is 13.3 Å². The molecule has 8 heteroatoms. The highest BCUT2D eigenvalue weighted by atomic mass is 32.2. The SMILES string of the molecule is Cc1cnc(NS(=O)(=O)N(C)CCCO)s1. The lowest BCUT2D eigenvalue weighted by Crippen LogP contribution is -2.33. The largest absolute Gasteiger partial charge is 0.396 e. The number of rotatable bonds is 6. The van der Waals surface area contributed by atoms with Gasteiger partial charge in [-0.05, 0) is 13.3 Å². The quantitative estimate of drug-likeness (QED) is 0.781. The van der Waals surface area contributed by atoms with Gasteiger partial charge in [0.05, 0.1) is 0 Å². The predicted octanol–water partition coefficient (Wildman–Crippen LogP) is 0.422. The molecule has 0 atom stereocenters. The number of hydrogen-bond acceptors (Lipinski definition) is 5. The van der Waals surface area contributed by atoms with Crippen molar-refractivity contribution < 1.29 is 13.5 Å². The summed E-state index contributed by atoms with van der Waals surface area (Å²) in [4.78, 5) is 4.86. The van der Waals surface area contributed by atoms with Crippen LogP contribution in [0.4, 0.5) is 5.13 Å². The van der Waals surface area contributed by atoms with Crippen molar-refractivity contribution in [3.8, 4) is 0 Å². The minimum absolute atomic E-state index is 0.0315. The molecule has 0 saturated carbocycles. The first-order valence-electron chi connectivity index (χ1n) is 4.73. The number of aliphatic hydroxyl groups is 1. The fourth-order valence-corrected chi connectivity index (χ4v) is 2.80. The molecule has 92 valence electrons. The van der Waals surface area contributed by atoms with Gasteiger partial charge in [-0.25, -0.2) is 9.71 Å². The number of aryl methyl sites for hydroxylation is 1. The number of aromatic nitrogens is 1. The Hall–Kier alpha value is -0.700. The Morgan fingerprint density at radius 1 is 1.62 bits per heavy atom. The van der Waals surface area contributed by atoms with Crippen molar-refractivity contribution in [3.63, 3.8) is 0 Å². The van der Waals surface area contributed by atoms with Gasteiger partial charge in [0.1, 0.15) is 0 Å². The number of nitrogens with zero attached hydrogens (tertiary/aromatic N) is 2. The van der Waals surface area contributed by atoms with Crippen molar-refractivity contribution in [2.24, 2.45) is 0 Å². The van der Waals surface area contributed by atoms with Crippen LogP contribution in [-0.2, 0) is 10.2 Å². The van der Waals surface area contributed by atoms with Crippen LogP contribution < -0.4 is 4.72 Å². The van der Waals surface area contributed by atoms with Crippen molar-refractivity contribution >= 4 is 26.7 Å². The van der Waals surface area contributed by atoms with Gasteiger partial charge in [0.25, 0.3) is 0 Å². The first-order chi connectivity index (χ1) is 7.45. The summed E-state index contributed by atoms with van der Waals surface area (Å²) in [6.07, 6.45) is 2.02. The van der Waals surface area contributed by atoms with Crippen LogP contribution in [0.3, 0.4) is 0 Å². The molecule has 0 bridgehead atoms. The molecule has 1 aromatic rings. The number of anilines is 1. The van der Waals surface area contributed by atoms with Crippen LogP contribution in [0.1, 0.15) is 11.3 Å². The Morgan fingerprint density at radius 3 is 2.81 bits per heavy atom. The van der Waals surface area contributed by atoms with Crippen LogP contribution >= 0.6 is 11.3 Å². The molecule has 0 fully saturated rings. The van der Waals surface area contributed by atoms with E-state index in [1.54, 1.807) is 6.20 Å². The molecular formula is C8H15N3O3S2. The Labute approximate surface area is 99.1 Å². The van der Waals surface area contributed by atoms with E-state index in [4.69, 9.17) is 5.11 Å². The highest BCUT2D eigenvalue weighted by Gasteiger charge is 2.18. The molecule has 1 heterocycles. The van der Waals surface area contributed by atoms with Crippen LogP contribution in [0, 0.1) is 6.92 Å². The topological polar surface area (TPSA) is 82.5 Å². The van der Waals surface area contributed by atoms with Crippen LogP contribution in [0.5, 0.6) is 0 Å². The zero-order chi connectivity index (χ0) is 12.2. The van der Waals surface area contributed by atoms with E-state index in [9.17, 15) is 8.42 Å². The summed E-state index contributed by atoms with van der Waals surface area (Å²) in [5, 5.41) is 8.98. The lowest BCUT2D eigenvalue weighted by molar-refractivity contribution is 0.276. The average Bonchev–Trinajstić information content (AvgIpc) is 2.59. The maximum absolute atomic E-state index is 11.7. The van der Waals surface area contributed by atoms with Crippen molar-refractivity contribution in [1.82, 2.24) is 9.29 Å². The molecule has 6 nitrogen and oxygen atoms in total. The van der Waals surface area contributed by atoms with Crippen LogP contribution in [0.15, 0.2) is 6.20 Å². The summed E-state index contributed by atoms with van der Waals surface area (Å²) in [5.74, 6) is 0. The van der Waals surface area contributed by atoms with Crippen LogP contribution in [0.25, 0.3) is 0 Å². The van der Waals surface area contributed by atoms with Crippen molar-refractivity contribution in [1.29, 1.82) is 0 Å². The predicted molar refractivity (Wildman–Crippen MR) is 63.7 cm³/mol. The highest BCUT2D eigenvalue weighted by molar-refractivity contribution is 7.90. The fraction of sp³-hybridized carbons (Fsp3) is 0.625. The second kappa shape index (κ2) is 5.58. The van der Waals surface area contributed by atoms with E-state index in [-0.39, 0.29) is 13.2 Å². The molecule has 0 saturated heterocycles. The van der Waals surface area contributed by atoms with Crippen LogP contribution in [0.2, 0.25) is 0 Å². The molecule has 0 spiro atoms. The third-order valence-corrected chi connectivity index (χ3v) is 4.29. The Kier molecular flexibility index (Phi) is 4.66. The van der Waals surface area contributed by atoms with E-state index in [0.717, 1.165) is 9.18 Å². The van der Waals surface area contributed by atoms with Gasteiger partial charge in [-0.1, -0.05) is 0 Å². The third kappa shape index (κ3) is 3.71. The zero-order valence-electron chi connectivity index (χ0n) is 9.17. The van der Waals surface area contributed by atoms with Crippen molar-refractivity contribution in [3.05, 3.63) is 11.1 Å². The van der Waals surface area contributed by atoms with Crippen LogP contribution in [-0.4, -0.2) is 43.0 Å². The second-order valence-corrected chi connectivity index (χ2v) is 6.29. The molecule has 2 N–H and O–H groups in total. The normalized spacial score (nSPS) is 12.0. The summed E-state index contributed by atoms with van der Waals surface area (Å²) in [7, 11) is -2.10. The molecule has 0 aliphatic rings. The lowest BCUT2D eigenvalue weighted by atomic mass is 10.5. The fourth-order valence-electron chi connectivity index (χ4n) is 1.00. The Bertz CT molecular complexity index is 429. The van der Waals surface area contributed by atoms with E-state index in [0.29, 0.717) is 11.6 Å². The molecule has 0 radical (unpaired) electrons. The summed E-state index contributed by atoms with van der Waals surface area (Å²) < 4.78 is 27.0. The van der Waals surface area contributed by atoms with Gasteiger partial charge in [-0.15, -0.1) is 11.3 Å². The number of hydrogen-bond donors (Lipinski definition) is 2. The smallest absolute Gasteiger partial charge is 0.303 e. The first-order valence-corrected chi connectivity index (χ1v) is 6.98. The zero-order valence-corrected chi connectivity index (χ0v) is 10.8. The van der Waals surface area contributed by atoms with E-state index in [1.807, 2.05) is 6.92 Å². The Balaban J connectivity index is 2.64. The summed E-state index contributed by atoms with van der Waals surface area (Å²) in [6.45, 7) is 2.09. The van der Waals surface area contributed by atoms with Gasteiger partial charge in [0.2, 0.25) is 0 Å². The molecule has 0 aliphatic carbocycles. The minimum atomic E-state index is -3.55. The summed E-state index contributed by atoms with van der Waals surface area (Å²) in [5.41, 5.74) is 0. The maximum atomic E-state index is 11.7. The molecule has 1 aromatic heterocycles. The number of thiazole rings is 1. The minimum Gasteiger partial charge on any atom is -0.396 e. The average molecular weight is 265 g/mol. The monoisotopic (exact) mass is 265 g/mol. The molecule has 0 unspecified atom stereocenters. The van der Waals surface area contributed by atoms with Gasteiger partial charge < -0.3 is 5.11 Å². The van der Waals surface area contributed by atoms with E-state index < -0.39 is 10.2 Å². The first kappa shape index (κ1) is 13.4. The molecular weight excluding hydrogens is 250 g/mol. The molecule has 0 aromatic carbocycles. The number of aliphatic hydroxyl groups excluding tert-OH is 1. The number of nitrogens with one attached hydrogen (secondary N) is 1. The van der Waals surface area contributed by atoms with Gasteiger partial charge >= 0.3 is 10.2 Å².